The smallest absolute Gasteiger partial charge is 0.315 e. The van der Waals surface area contributed by atoms with Crippen molar-refractivity contribution in [2.24, 2.45) is 0 Å². The molecule has 1 saturated carbocycles. The Morgan fingerprint density at radius 1 is 0.839 bits per heavy atom. The van der Waals surface area contributed by atoms with Crippen molar-refractivity contribution in [2.75, 3.05) is 13.2 Å². The maximum Gasteiger partial charge on any atom is 0.315 e. The molecule has 0 radical (unpaired) electrons. The fourth-order valence-corrected chi connectivity index (χ4v) is 4.92. The minimum absolute atomic E-state index is 0.122. The number of amides is 2. The molecule has 6 nitrogen and oxygen atoms in total. The molecule has 3 aliphatic rings. The average Bonchev–Trinajstić information content (AvgIpc) is 3.39. The summed E-state index contributed by atoms with van der Waals surface area (Å²) in [5.74, 6) is 0.818. The molecular weight excluding hydrogens is 392 g/mol. The third-order valence-corrected chi connectivity index (χ3v) is 6.52. The van der Waals surface area contributed by atoms with Crippen LogP contribution < -0.4 is 15.4 Å². The fourth-order valence-electron chi connectivity index (χ4n) is 4.92. The molecule has 2 heterocycles. The van der Waals surface area contributed by atoms with Gasteiger partial charge < -0.3 is 24.8 Å². The summed E-state index contributed by atoms with van der Waals surface area (Å²) in [5, 5.41) is 6.17. The highest BCUT2D eigenvalue weighted by Crippen LogP contribution is 2.34. The van der Waals surface area contributed by atoms with Crippen molar-refractivity contribution in [3.63, 3.8) is 0 Å². The van der Waals surface area contributed by atoms with Crippen LogP contribution in [0.25, 0.3) is 11.1 Å². The fraction of sp³-hybridized carbons (Fsp3) is 0.480. The van der Waals surface area contributed by atoms with Crippen LogP contribution in [0.15, 0.2) is 54.6 Å². The molecule has 2 N–H and O–H groups in total. The number of hydrogen-bond acceptors (Lipinski definition) is 4. The van der Waals surface area contributed by atoms with Gasteiger partial charge in [-0.1, -0.05) is 67.8 Å². The highest BCUT2D eigenvalue weighted by Gasteiger charge is 2.49. The molecule has 6 heteroatoms. The number of nitrogens with one attached hydrogen (secondary N) is 2. The highest BCUT2D eigenvalue weighted by molar-refractivity contribution is 5.74. The van der Waals surface area contributed by atoms with Crippen LogP contribution in [0.2, 0.25) is 0 Å². The van der Waals surface area contributed by atoms with Gasteiger partial charge >= 0.3 is 6.03 Å². The van der Waals surface area contributed by atoms with Gasteiger partial charge in [0.2, 0.25) is 0 Å². The lowest BCUT2D eigenvalue weighted by atomic mass is 9.96. The van der Waals surface area contributed by atoms with Crippen molar-refractivity contribution in [3.05, 3.63) is 54.6 Å². The zero-order chi connectivity index (χ0) is 21.0. The predicted octanol–water partition coefficient (Wildman–Crippen LogP) is 3.90. The lowest BCUT2D eigenvalue weighted by Crippen LogP contribution is -2.51. The van der Waals surface area contributed by atoms with Crippen molar-refractivity contribution in [1.82, 2.24) is 10.6 Å². The van der Waals surface area contributed by atoms with Crippen molar-refractivity contribution in [2.45, 2.75) is 62.5 Å². The number of rotatable bonds is 5. The molecule has 5 rings (SSSR count). The van der Waals surface area contributed by atoms with Crippen molar-refractivity contribution >= 4 is 6.03 Å². The van der Waals surface area contributed by atoms with E-state index >= 15 is 0 Å². The van der Waals surface area contributed by atoms with Gasteiger partial charge in [-0.2, -0.15) is 0 Å². The van der Waals surface area contributed by atoms with Crippen LogP contribution in [0.5, 0.6) is 5.75 Å². The number of fused-ring (bicyclic) bond motifs is 1. The van der Waals surface area contributed by atoms with Gasteiger partial charge in [0.05, 0.1) is 19.3 Å². The topological polar surface area (TPSA) is 68.8 Å². The lowest BCUT2D eigenvalue weighted by molar-refractivity contribution is 0.0306. The molecule has 0 unspecified atom stereocenters. The second kappa shape index (κ2) is 9.28. The Labute approximate surface area is 183 Å². The van der Waals surface area contributed by atoms with Gasteiger partial charge in [-0.05, 0) is 24.5 Å². The molecule has 1 aliphatic carbocycles. The lowest BCUT2D eigenvalue weighted by Gasteiger charge is -2.24. The molecule has 164 valence electrons. The summed E-state index contributed by atoms with van der Waals surface area (Å²) in [5.41, 5.74) is 2.16. The molecular formula is C25H30N2O4. The van der Waals surface area contributed by atoms with Crippen LogP contribution in [-0.4, -0.2) is 49.6 Å². The quantitative estimate of drug-likeness (QED) is 0.767. The summed E-state index contributed by atoms with van der Waals surface area (Å²) in [6, 6.07) is 18.2. The van der Waals surface area contributed by atoms with Gasteiger partial charge in [0.15, 0.2) is 6.10 Å². The first-order valence-electron chi connectivity index (χ1n) is 11.4. The maximum atomic E-state index is 12.5. The average molecular weight is 423 g/mol. The van der Waals surface area contributed by atoms with Crippen molar-refractivity contribution in [1.29, 1.82) is 0 Å². The summed E-state index contributed by atoms with van der Waals surface area (Å²) in [4.78, 5) is 12.5. The molecule has 31 heavy (non-hydrogen) atoms. The zero-order valence-electron chi connectivity index (χ0n) is 17.7. The second-order valence-electron chi connectivity index (χ2n) is 8.67. The van der Waals surface area contributed by atoms with Crippen LogP contribution >= 0.6 is 0 Å². The third-order valence-electron chi connectivity index (χ3n) is 6.52. The first kappa shape index (κ1) is 20.3. The summed E-state index contributed by atoms with van der Waals surface area (Å²) in [6.07, 6.45) is 5.19. The molecule has 2 amide bonds. The number of benzene rings is 2. The largest absolute Gasteiger partial charge is 0.485 e. The first-order valence-corrected chi connectivity index (χ1v) is 11.4. The van der Waals surface area contributed by atoms with E-state index in [2.05, 4.69) is 28.8 Å². The molecule has 2 aromatic carbocycles. The van der Waals surface area contributed by atoms with E-state index in [4.69, 9.17) is 14.2 Å². The van der Waals surface area contributed by atoms with Gasteiger partial charge in [0.25, 0.3) is 0 Å². The minimum atomic E-state index is -0.205. The molecule has 2 saturated heterocycles. The van der Waals surface area contributed by atoms with E-state index < -0.39 is 0 Å². The normalized spacial score (nSPS) is 28.1. The van der Waals surface area contributed by atoms with Crippen LogP contribution in [0.4, 0.5) is 4.79 Å². The van der Waals surface area contributed by atoms with Gasteiger partial charge in [-0.3, -0.25) is 0 Å². The zero-order valence-corrected chi connectivity index (χ0v) is 17.7. The number of hydrogen-bond donors (Lipinski definition) is 2. The standard InChI is InChI=1S/C25H30N2O4/c28-25(26-18-11-5-2-6-12-18)27-20-15-29-24-22(16-30-23(20)24)31-21-14-8-7-13-19(21)17-9-3-1-4-10-17/h1,3-4,7-10,13-14,18,20,22-24H,2,5-6,11-12,15-16H2,(H2,26,27,28)/t20-,22-,23+,24+/m0/s1. The summed E-state index contributed by atoms with van der Waals surface area (Å²) in [6.45, 7) is 0.883. The van der Waals surface area contributed by atoms with Gasteiger partial charge in [0.1, 0.15) is 18.0 Å². The Hall–Kier alpha value is -2.57. The number of para-hydroxylation sites is 1. The summed E-state index contributed by atoms with van der Waals surface area (Å²) < 4.78 is 18.4. The Morgan fingerprint density at radius 2 is 1.58 bits per heavy atom. The van der Waals surface area contributed by atoms with Crippen molar-refractivity contribution in [3.8, 4) is 16.9 Å². The number of carbonyl (C=O) groups excluding carboxylic acids is 1. The Morgan fingerprint density at radius 3 is 2.42 bits per heavy atom. The molecule has 3 fully saturated rings. The maximum absolute atomic E-state index is 12.5. The highest BCUT2D eigenvalue weighted by atomic mass is 16.6. The van der Waals surface area contributed by atoms with Crippen LogP contribution in [0.3, 0.4) is 0 Å². The van der Waals surface area contributed by atoms with Gasteiger partial charge in [-0.25, -0.2) is 4.79 Å². The Bertz CT molecular complexity index is 884. The van der Waals surface area contributed by atoms with E-state index in [0.29, 0.717) is 13.2 Å². The number of urea groups is 1. The molecule has 2 aliphatic heterocycles. The van der Waals surface area contributed by atoms with Crippen LogP contribution in [-0.2, 0) is 9.47 Å². The summed E-state index contributed by atoms with van der Waals surface area (Å²) >= 11 is 0. The molecule has 0 spiro atoms. The van der Waals surface area contributed by atoms with Crippen LogP contribution in [0, 0.1) is 0 Å². The molecule has 0 aromatic heterocycles. The summed E-state index contributed by atoms with van der Waals surface area (Å²) in [7, 11) is 0. The second-order valence-corrected chi connectivity index (χ2v) is 8.67. The predicted molar refractivity (Wildman–Crippen MR) is 118 cm³/mol. The Kier molecular flexibility index (Phi) is 6.09. The molecule has 2 aromatic rings. The van der Waals surface area contributed by atoms with E-state index in [1.54, 1.807) is 0 Å². The number of ether oxygens (including phenoxy) is 3. The SMILES string of the molecule is O=C(NC1CCCCC1)N[C@H]1CO[C@H]2[C@@H]1OC[C@@H]2Oc1ccccc1-c1ccccc1. The minimum Gasteiger partial charge on any atom is -0.485 e. The first-order chi connectivity index (χ1) is 15.3. The van der Waals surface area contributed by atoms with E-state index in [0.717, 1.165) is 29.7 Å². The molecule has 4 atom stereocenters. The van der Waals surface area contributed by atoms with Gasteiger partial charge in [0, 0.05) is 11.6 Å². The van der Waals surface area contributed by atoms with Gasteiger partial charge in [-0.15, -0.1) is 0 Å². The van der Waals surface area contributed by atoms with E-state index in [-0.39, 0.29) is 36.4 Å². The third kappa shape index (κ3) is 4.55. The monoisotopic (exact) mass is 422 g/mol. The van der Waals surface area contributed by atoms with Crippen molar-refractivity contribution < 1.29 is 19.0 Å². The Balaban J connectivity index is 1.21. The van der Waals surface area contributed by atoms with E-state index in [1.807, 2.05) is 36.4 Å². The number of carbonyl (C=O) groups is 1. The van der Waals surface area contributed by atoms with E-state index in [9.17, 15) is 4.79 Å². The van der Waals surface area contributed by atoms with E-state index in [1.165, 1.54) is 19.3 Å². The van der Waals surface area contributed by atoms with Crippen LogP contribution in [0.1, 0.15) is 32.1 Å². The molecule has 0 bridgehead atoms.